The third-order valence-electron chi connectivity index (χ3n) is 5.08. The molecule has 140 valence electrons. The molecule has 25 heavy (non-hydrogen) atoms. The van der Waals surface area contributed by atoms with Gasteiger partial charge in [0.2, 0.25) is 0 Å². The van der Waals surface area contributed by atoms with Crippen LogP contribution in [0.25, 0.3) is 0 Å². The Labute approximate surface area is 168 Å². The Bertz CT molecular complexity index is 572. The number of halogens is 1. The number of ether oxygens (including phenoxy) is 1. The monoisotopic (exact) mass is 458 g/mol. The van der Waals surface area contributed by atoms with E-state index in [0.717, 1.165) is 64.6 Å². The second-order valence-electron chi connectivity index (χ2n) is 7.05. The molecule has 1 atom stereocenters. The number of rotatable bonds is 5. The van der Waals surface area contributed by atoms with Crippen molar-refractivity contribution in [2.45, 2.75) is 38.3 Å². The Morgan fingerprint density at radius 1 is 1.28 bits per heavy atom. The lowest BCUT2D eigenvalue weighted by molar-refractivity contribution is 0.0243. The van der Waals surface area contributed by atoms with E-state index in [1.807, 2.05) is 7.05 Å². The highest BCUT2D eigenvalue weighted by atomic mass is 127. The first-order valence-electron chi connectivity index (χ1n) is 9.06. The van der Waals surface area contributed by atoms with Gasteiger partial charge < -0.3 is 15.4 Å². The van der Waals surface area contributed by atoms with Gasteiger partial charge in [-0.1, -0.05) is 24.3 Å². The van der Waals surface area contributed by atoms with Gasteiger partial charge >= 0.3 is 0 Å². The lowest BCUT2D eigenvalue weighted by Gasteiger charge is -2.29. The lowest BCUT2D eigenvalue weighted by Crippen LogP contribution is -2.47. The Hall–Kier alpha value is -0.860. The normalized spacial score (nSPS) is 23.7. The van der Waals surface area contributed by atoms with Crippen molar-refractivity contribution >= 4 is 29.9 Å². The van der Waals surface area contributed by atoms with Crippen molar-refractivity contribution in [3.05, 3.63) is 35.4 Å². The number of aliphatic imine (C=N–C) groups is 1. The maximum Gasteiger partial charge on any atom is 0.191 e. The molecule has 2 heterocycles. The second-order valence-corrected chi connectivity index (χ2v) is 7.05. The maximum atomic E-state index is 5.81. The lowest BCUT2D eigenvalue weighted by atomic mass is 10.00. The van der Waals surface area contributed by atoms with E-state index >= 15 is 0 Å². The predicted molar refractivity (Wildman–Crippen MR) is 114 cm³/mol. The van der Waals surface area contributed by atoms with E-state index in [-0.39, 0.29) is 29.6 Å². The van der Waals surface area contributed by atoms with Gasteiger partial charge in [-0.25, -0.2) is 0 Å². The van der Waals surface area contributed by atoms with Crippen molar-refractivity contribution in [3.8, 4) is 0 Å². The van der Waals surface area contributed by atoms with Crippen molar-refractivity contribution in [2.24, 2.45) is 4.99 Å². The van der Waals surface area contributed by atoms with Gasteiger partial charge in [0, 0.05) is 46.4 Å². The zero-order valence-corrected chi connectivity index (χ0v) is 17.7. The fourth-order valence-electron chi connectivity index (χ4n) is 3.55. The zero-order chi connectivity index (χ0) is 16.8. The van der Waals surface area contributed by atoms with E-state index < -0.39 is 0 Å². The summed E-state index contributed by atoms with van der Waals surface area (Å²) in [7, 11) is 1.82. The number of nitrogens with zero attached hydrogens (tertiary/aromatic N) is 2. The highest BCUT2D eigenvalue weighted by Gasteiger charge is 2.29. The molecule has 6 heteroatoms. The number of hydrogen-bond acceptors (Lipinski definition) is 3. The van der Waals surface area contributed by atoms with E-state index in [2.05, 4.69) is 51.7 Å². The van der Waals surface area contributed by atoms with Crippen LogP contribution in [0.1, 0.15) is 30.9 Å². The van der Waals surface area contributed by atoms with Crippen LogP contribution in [-0.4, -0.2) is 56.3 Å². The minimum atomic E-state index is -0.0474. The van der Waals surface area contributed by atoms with Gasteiger partial charge in [0.15, 0.2) is 5.96 Å². The Kier molecular flexibility index (Phi) is 7.96. The average Bonchev–Trinajstić information content (AvgIpc) is 3.04. The summed E-state index contributed by atoms with van der Waals surface area (Å²) in [5, 5.41) is 6.82. The molecular weight excluding hydrogens is 427 g/mol. The molecule has 0 spiro atoms. The summed E-state index contributed by atoms with van der Waals surface area (Å²) in [6.07, 6.45) is 3.42. The first-order chi connectivity index (χ1) is 11.7. The molecule has 0 radical (unpaired) electrons. The molecule has 1 saturated heterocycles. The van der Waals surface area contributed by atoms with Crippen LogP contribution in [0.15, 0.2) is 29.3 Å². The van der Waals surface area contributed by atoms with Gasteiger partial charge in [-0.15, -0.1) is 24.0 Å². The fourth-order valence-corrected chi connectivity index (χ4v) is 3.55. The van der Waals surface area contributed by atoms with Crippen LogP contribution in [0.5, 0.6) is 0 Å². The SMILES string of the molecule is CN=C(NCCN1CCc2ccccc2C1)NCC1(C)CCCO1.I. The molecular formula is C19H31IN4O. The van der Waals surface area contributed by atoms with Crippen molar-refractivity contribution in [1.29, 1.82) is 0 Å². The van der Waals surface area contributed by atoms with Gasteiger partial charge in [0.1, 0.15) is 0 Å². The minimum absolute atomic E-state index is 0. The highest BCUT2D eigenvalue weighted by molar-refractivity contribution is 14.0. The third kappa shape index (κ3) is 5.82. The average molecular weight is 458 g/mol. The number of guanidine groups is 1. The molecule has 5 nitrogen and oxygen atoms in total. The highest BCUT2D eigenvalue weighted by Crippen LogP contribution is 2.23. The molecule has 0 bridgehead atoms. The molecule has 0 saturated carbocycles. The van der Waals surface area contributed by atoms with Crippen LogP contribution >= 0.6 is 24.0 Å². The molecule has 2 aliphatic heterocycles. The van der Waals surface area contributed by atoms with Crippen LogP contribution in [0.2, 0.25) is 0 Å². The predicted octanol–water partition coefficient (Wildman–Crippen LogP) is 2.40. The summed E-state index contributed by atoms with van der Waals surface area (Å²) < 4.78 is 5.81. The molecule has 0 aromatic heterocycles. The molecule has 2 aliphatic rings. The molecule has 1 fully saturated rings. The number of benzene rings is 1. The van der Waals surface area contributed by atoms with Crippen LogP contribution in [0.4, 0.5) is 0 Å². The van der Waals surface area contributed by atoms with Crippen LogP contribution in [0.3, 0.4) is 0 Å². The van der Waals surface area contributed by atoms with Crippen molar-refractivity contribution in [1.82, 2.24) is 15.5 Å². The molecule has 2 N–H and O–H groups in total. The van der Waals surface area contributed by atoms with Crippen molar-refractivity contribution in [2.75, 3.05) is 39.8 Å². The number of nitrogens with one attached hydrogen (secondary N) is 2. The van der Waals surface area contributed by atoms with Crippen molar-refractivity contribution in [3.63, 3.8) is 0 Å². The number of hydrogen-bond donors (Lipinski definition) is 2. The summed E-state index contributed by atoms with van der Waals surface area (Å²) >= 11 is 0. The Morgan fingerprint density at radius 2 is 2.08 bits per heavy atom. The Morgan fingerprint density at radius 3 is 2.80 bits per heavy atom. The smallest absolute Gasteiger partial charge is 0.191 e. The summed E-state index contributed by atoms with van der Waals surface area (Å²) in [4.78, 5) is 6.82. The molecule has 3 rings (SSSR count). The Balaban J connectivity index is 0.00000225. The summed E-state index contributed by atoms with van der Waals surface area (Å²) in [5.41, 5.74) is 2.93. The van der Waals surface area contributed by atoms with Gasteiger partial charge in [-0.05, 0) is 37.3 Å². The third-order valence-corrected chi connectivity index (χ3v) is 5.08. The maximum absolute atomic E-state index is 5.81. The summed E-state index contributed by atoms with van der Waals surface area (Å²) in [6.45, 7) is 7.98. The van der Waals surface area contributed by atoms with Gasteiger partial charge in [-0.3, -0.25) is 9.89 Å². The van der Waals surface area contributed by atoms with E-state index in [1.54, 1.807) is 0 Å². The van der Waals surface area contributed by atoms with E-state index in [4.69, 9.17) is 4.74 Å². The van der Waals surface area contributed by atoms with Gasteiger partial charge in [0.25, 0.3) is 0 Å². The fraction of sp³-hybridized carbons (Fsp3) is 0.632. The number of fused-ring (bicyclic) bond motifs is 1. The minimum Gasteiger partial charge on any atom is -0.373 e. The largest absolute Gasteiger partial charge is 0.373 e. The first-order valence-corrected chi connectivity index (χ1v) is 9.06. The van der Waals surface area contributed by atoms with Crippen molar-refractivity contribution < 1.29 is 4.74 Å². The first kappa shape index (κ1) is 20.5. The van der Waals surface area contributed by atoms with Crippen LogP contribution < -0.4 is 10.6 Å². The quantitative estimate of drug-likeness (QED) is 0.404. The molecule has 1 aromatic carbocycles. The molecule has 0 aliphatic carbocycles. The van der Waals surface area contributed by atoms with Crippen LogP contribution in [0, 0.1) is 0 Å². The van der Waals surface area contributed by atoms with Crippen LogP contribution in [-0.2, 0) is 17.7 Å². The van der Waals surface area contributed by atoms with E-state index in [1.165, 1.54) is 11.1 Å². The topological polar surface area (TPSA) is 48.9 Å². The van der Waals surface area contributed by atoms with Gasteiger partial charge in [0.05, 0.1) is 5.60 Å². The molecule has 1 unspecified atom stereocenters. The summed E-state index contributed by atoms with van der Waals surface area (Å²) in [5.74, 6) is 0.865. The van der Waals surface area contributed by atoms with E-state index in [9.17, 15) is 0 Å². The summed E-state index contributed by atoms with van der Waals surface area (Å²) in [6, 6.07) is 8.78. The zero-order valence-electron chi connectivity index (χ0n) is 15.4. The second kappa shape index (κ2) is 9.73. The molecule has 0 amide bonds. The van der Waals surface area contributed by atoms with E-state index in [0.29, 0.717) is 0 Å². The standard InChI is InChI=1S/C19H30N4O.HI/c1-19(9-5-13-24-19)15-22-18(20-2)21-10-12-23-11-8-16-6-3-4-7-17(16)14-23;/h3-4,6-7H,5,8-15H2,1-2H3,(H2,20,21,22);1H. The van der Waals surface area contributed by atoms with Gasteiger partial charge in [-0.2, -0.15) is 0 Å². The molecule has 1 aromatic rings.